The fraction of sp³-hybridized carbons (Fsp3) is 0.393. The minimum Gasteiger partial charge on any atom is -0.512 e. The van der Waals surface area contributed by atoms with E-state index in [9.17, 15) is 30.0 Å². The number of allylic oxidation sites excluding steroid dienone is 2. The number of aliphatic hydroxyl groups is 3. The molecule has 0 saturated carbocycles. The van der Waals surface area contributed by atoms with Gasteiger partial charge < -0.3 is 31.5 Å². The molecule has 9 nitrogen and oxygen atoms in total. The van der Waals surface area contributed by atoms with Gasteiger partial charge in [-0.3, -0.25) is 14.6 Å². The molecule has 0 bridgehead atoms. The van der Waals surface area contributed by atoms with Gasteiger partial charge in [0.1, 0.15) is 22.9 Å². The second kappa shape index (κ2) is 8.62. The van der Waals surface area contributed by atoms with Crippen LogP contribution in [-0.2, 0) is 11.2 Å². The molecular weight excluding hydrogens is 474 g/mol. The molecule has 1 amide bonds. The van der Waals surface area contributed by atoms with Crippen molar-refractivity contribution in [2.24, 2.45) is 23.5 Å². The molecule has 7 N–H and O–H groups in total. The number of hydrogen-bond donors (Lipinski definition) is 6. The number of anilines is 1. The fourth-order valence-corrected chi connectivity index (χ4v) is 6.54. The number of nitrogens with zero attached hydrogens (tertiary/aromatic N) is 1. The molecule has 4 atom stereocenters. The number of benzene rings is 1. The Labute approximate surface area is 214 Å². The largest absolute Gasteiger partial charge is 0.512 e. The van der Waals surface area contributed by atoms with Crippen LogP contribution in [0.15, 0.2) is 53.1 Å². The smallest absolute Gasteiger partial charge is 0.250 e. The third-order valence-electron chi connectivity index (χ3n) is 7.85. The number of carbonyl (C=O) groups is 2. The number of aromatic nitrogens is 1. The van der Waals surface area contributed by atoms with Crippen LogP contribution in [0.5, 0.6) is 5.75 Å². The number of aromatic hydroxyl groups is 1. The molecule has 1 heterocycles. The standard InChI is InChI=1S/C28H31N3O6/c1-12(2)31-18-11-15(17-6-4-5-7-30-17)16-9-13-8-14-10-19(32)23(27(29)36)28(3,37)22(14)26(35)20(13)25(34)21(16)24(18)33/h4-7,11-14,22,31-33,35,37H,8-10H2,1-3H3,(H2,29,36). The molecule has 194 valence electrons. The number of primary amides is 1. The van der Waals surface area contributed by atoms with Crippen molar-refractivity contribution < 1.29 is 30.0 Å². The van der Waals surface area contributed by atoms with E-state index in [1.54, 1.807) is 18.3 Å². The van der Waals surface area contributed by atoms with Crippen molar-refractivity contribution >= 4 is 17.4 Å². The van der Waals surface area contributed by atoms with Crippen LogP contribution in [0.25, 0.3) is 11.3 Å². The Morgan fingerprint density at radius 1 is 1.22 bits per heavy atom. The van der Waals surface area contributed by atoms with Gasteiger partial charge in [-0.1, -0.05) is 6.07 Å². The highest BCUT2D eigenvalue weighted by Crippen LogP contribution is 2.55. The predicted molar refractivity (Wildman–Crippen MR) is 137 cm³/mol. The number of rotatable bonds is 4. The Hall–Kier alpha value is -3.85. The van der Waals surface area contributed by atoms with Gasteiger partial charge in [-0.05, 0) is 69.2 Å². The van der Waals surface area contributed by atoms with Crippen LogP contribution in [-0.4, -0.2) is 48.7 Å². The summed E-state index contributed by atoms with van der Waals surface area (Å²) in [6, 6.07) is 7.24. The number of fused-ring (bicyclic) bond motifs is 3. The molecule has 1 aromatic carbocycles. The molecule has 0 saturated heterocycles. The van der Waals surface area contributed by atoms with Crippen LogP contribution in [0.2, 0.25) is 0 Å². The summed E-state index contributed by atoms with van der Waals surface area (Å²) in [5.74, 6) is -4.18. The van der Waals surface area contributed by atoms with Crippen molar-refractivity contribution in [3.63, 3.8) is 0 Å². The molecule has 37 heavy (non-hydrogen) atoms. The quantitative estimate of drug-likeness (QED) is 0.343. The van der Waals surface area contributed by atoms with Gasteiger partial charge in [0.15, 0.2) is 5.78 Å². The molecule has 1 aromatic heterocycles. The van der Waals surface area contributed by atoms with Gasteiger partial charge in [0.05, 0.1) is 28.4 Å². The monoisotopic (exact) mass is 505 g/mol. The zero-order valence-electron chi connectivity index (χ0n) is 20.9. The van der Waals surface area contributed by atoms with Gasteiger partial charge >= 0.3 is 0 Å². The van der Waals surface area contributed by atoms with E-state index in [0.29, 0.717) is 35.3 Å². The summed E-state index contributed by atoms with van der Waals surface area (Å²) in [5.41, 5.74) is 5.69. The molecule has 0 fully saturated rings. The minimum absolute atomic E-state index is 0.0287. The topological polar surface area (TPSA) is 166 Å². The zero-order chi connectivity index (χ0) is 26.8. The summed E-state index contributed by atoms with van der Waals surface area (Å²) in [6.45, 7) is 5.15. The Balaban J connectivity index is 1.71. The van der Waals surface area contributed by atoms with Crippen LogP contribution >= 0.6 is 0 Å². The molecule has 2 aromatic rings. The number of pyridine rings is 1. The zero-order valence-corrected chi connectivity index (χ0v) is 20.9. The van der Waals surface area contributed by atoms with Crippen LogP contribution in [0.4, 0.5) is 5.69 Å². The summed E-state index contributed by atoms with van der Waals surface area (Å²) in [7, 11) is 0. The molecular formula is C28H31N3O6. The highest BCUT2D eigenvalue weighted by Gasteiger charge is 2.55. The lowest BCUT2D eigenvalue weighted by Gasteiger charge is -2.48. The lowest BCUT2D eigenvalue weighted by atomic mass is 9.58. The van der Waals surface area contributed by atoms with Crippen molar-refractivity contribution in [1.82, 2.24) is 4.98 Å². The van der Waals surface area contributed by atoms with Crippen molar-refractivity contribution in [3.05, 3.63) is 64.3 Å². The van der Waals surface area contributed by atoms with Crippen molar-refractivity contribution in [3.8, 4) is 17.0 Å². The number of aliphatic hydroxyl groups excluding tert-OH is 2. The summed E-state index contributed by atoms with van der Waals surface area (Å²) in [6.07, 6.45) is 2.44. The Morgan fingerprint density at radius 2 is 1.95 bits per heavy atom. The van der Waals surface area contributed by atoms with Crippen LogP contribution in [0.3, 0.4) is 0 Å². The molecule has 3 aliphatic rings. The summed E-state index contributed by atoms with van der Waals surface area (Å²) < 4.78 is 0. The van der Waals surface area contributed by atoms with Crippen molar-refractivity contribution in [1.29, 1.82) is 0 Å². The molecule has 0 aliphatic heterocycles. The first kappa shape index (κ1) is 24.8. The number of hydrogen-bond acceptors (Lipinski definition) is 8. The molecule has 9 heteroatoms. The number of nitrogens with one attached hydrogen (secondary N) is 1. The number of carbonyl (C=O) groups excluding carboxylic acids is 2. The van der Waals surface area contributed by atoms with E-state index in [-0.39, 0.29) is 46.4 Å². The summed E-state index contributed by atoms with van der Waals surface area (Å²) in [5, 5.41) is 47.7. The average molecular weight is 506 g/mol. The van der Waals surface area contributed by atoms with E-state index < -0.39 is 35.0 Å². The summed E-state index contributed by atoms with van der Waals surface area (Å²) >= 11 is 0. The molecule has 3 aliphatic carbocycles. The van der Waals surface area contributed by atoms with E-state index in [2.05, 4.69) is 10.3 Å². The van der Waals surface area contributed by atoms with E-state index >= 15 is 0 Å². The van der Waals surface area contributed by atoms with Crippen LogP contribution < -0.4 is 11.1 Å². The first-order valence-corrected chi connectivity index (χ1v) is 12.4. The normalized spacial score (nSPS) is 27.1. The van der Waals surface area contributed by atoms with Gasteiger partial charge in [0.25, 0.3) is 5.91 Å². The van der Waals surface area contributed by atoms with Gasteiger partial charge in [-0.15, -0.1) is 0 Å². The Bertz CT molecular complexity index is 1380. The van der Waals surface area contributed by atoms with Gasteiger partial charge in [0, 0.05) is 29.8 Å². The number of Topliss-reactive ketones (excluding diaryl/α,β-unsaturated/α-hetero) is 1. The van der Waals surface area contributed by atoms with Crippen molar-refractivity contribution in [2.45, 2.75) is 51.7 Å². The second-order valence-corrected chi connectivity index (χ2v) is 10.7. The number of phenols is 1. The first-order valence-electron chi connectivity index (χ1n) is 12.4. The molecule has 5 rings (SSSR count). The molecule has 0 radical (unpaired) electrons. The Morgan fingerprint density at radius 3 is 2.57 bits per heavy atom. The lowest BCUT2D eigenvalue weighted by Crippen LogP contribution is -2.52. The fourth-order valence-electron chi connectivity index (χ4n) is 6.54. The first-order chi connectivity index (χ1) is 17.4. The maximum Gasteiger partial charge on any atom is 0.250 e. The number of ketones is 1. The highest BCUT2D eigenvalue weighted by molar-refractivity contribution is 6.15. The maximum atomic E-state index is 14.0. The van der Waals surface area contributed by atoms with E-state index in [1.165, 1.54) is 6.92 Å². The predicted octanol–water partition coefficient (Wildman–Crippen LogP) is 3.53. The van der Waals surface area contributed by atoms with E-state index in [0.717, 1.165) is 0 Å². The minimum atomic E-state index is -1.97. The SMILES string of the molecule is CC(C)Nc1cc(-c2ccccn2)c2c(c1O)C(=O)C1=C(O)C3C(CC(O)=C(C(N)=O)C3(C)O)CC1C2. The Kier molecular flexibility index (Phi) is 5.79. The number of phenolic OH excluding ortho intramolecular Hbond substituents is 1. The highest BCUT2D eigenvalue weighted by atomic mass is 16.3. The lowest BCUT2D eigenvalue weighted by molar-refractivity contribution is -0.119. The van der Waals surface area contributed by atoms with Crippen molar-refractivity contribution in [2.75, 3.05) is 5.32 Å². The van der Waals surface area contributed by atoms with Crippen LogP contribution in [0, 0.1) is 17.8 Å². The maximum absolute atomic E-state index is 14.0. The van der Waals surface area contributed by atoms with Gasteiger partial charge in [0.2, 0.25) is 0 Å². The van der Waals surface area contributed by atoms with Crippen LogP contribution in [0.1, 0.15) is 49.5 Å². The number of amides is 1. The van der Waals surface area contributed by atoms with E-state index in [4.69, 9.17) is 5.73 Å². The third kappa shape index (κ3) is 3.76. The molecule has 4 unspecified atom stereocenters. The number of nitrogens with two attached hydrogens (primary N) is 1. The molecule has 0 spiro atoms. The van der Waals surface area contributed by atoms with Gasteiger partial charge in [-0.2, -0.15) is 0 Å². The second-order valence-electron chi connectivity index (χ2n) is 10.7. The average Bonchev–Trinajstić information content (AvgIpc) is 2.79. The summed E-state index contributed by atoms with van der Waals surface area (Å²) in [4.78, 5) is 30.5. The van der Waals surface area contributed by atoms with E-state index in [1.807, 2.05) is 26.0 Å². The van der Waals surface area contributed by atoms with Gasteiger partial charge in [-0.25, -0.2) is 0 Å². The third-order valence-corrected chi connectivity index (χ3v) is 7.85.